The van der Waals surface area contributed by atoms with Crippen LogP contribution in [0.5, 0.6) is 5.75 Å². The molecule has 2 aromatic carbocycles. The minimum atomic E-state index is -3.73. The number of nitrogens with one attached hydrogen (secondary N) is 2. The maximum atomic E-state index is 12.2. The van der Waals surface area contributed by atoms with Gasteiger partial charge < -0.3 is 10.1 Å². The average Bonchev–Trinajstić information content (AvgIpc) is 2.60. The molecule has 7 heteroatoms. The first-order valence-electron chi connectivity index (χ1n) is 8.38. The predicted octanol–water partition coefficient (Wildman–Crippen LogP) is 2.46. The van der Waals surface area contributed by atoms with Crippen LogP contribution in [0.1, 0.15) is 26.3 Å². The van der Waals surface area contributed by atoms with Crippen molar-refractivity contribution in [2.24, 2.45) is 0 Å². The summed E-state index contributed by atoms with van der Waals surface area (Å²) in [6.07, 6.45) is 0.0963. The molecular weight excluding hydrogens is 352 g/mol. The van der Waals surface area contributed by atoms with Gasteiger partial charge in [0, 0.05) is 6.54 Å². The Labute approximate surface area is 154 Å². The molecule has 0 aromatic heterocycles. The molecule has 0 bridgehead atoms. The zero-order valence-corrected chi connectivity index (χ0v) is 15.9. The first-order valence-corrected chi connectivity index (χ1v) is 9.87. The van der Waals surface area contributed by atoms with E-state index >= 15 is 0 Å². The van der Waals surface area contributed by atoms with Crippen LogP contribution in [0.4, 0.5) is 0 Å². The van der Waals surface area contributed by atoms with E-state index in [0.29, 0.717) is 6.54 Å². The van der Waals surface area contributed by atoms with Gasteiger partial charge in [-0.05, 0) is 50.6 Å². The van der Waals surface area contributed by atoms with Crippen molar-refractivity contribution in [3.63, 3.8) is 0 Å². The van der Waals surface area contributed by atoms with Crippen molar-refractivity contribution in [3.05, 3.63) is 60.2 Å². The van der Waals surface area contributed by atoms with Crippen molar-refractivity contribution in [1.29, 1.82) is 0 Å². The Kier molecular flexibility index (Phi) is 6.76. The smallest absolute Gasteiger partial charge is 0.241 e. The monoisotopic (exact) mass is 376 g/mol. The quantitative estimate of drug-likeness (QED) is 0.741. The van der Waals surface area contributed by atoms with Gasteiger partial charge in [0.05, 0.1) is 17.0 Å². The third-order valence-corrected chi connectivity index (χ3v) is 5.10. The molecule has 0 fully saturated rings. The second-order valence-corrected chi connectivity index (χ2v) is 7.90. The van der Waals surface area contributed by atoms with Gasteiger partial charge in [0.15, 0.2) is 0 Å². The summed E-state index contributed by atoms with van der Waals surface area (Å²) in [5, 5.41) is 2.73. The highest BCUT2D eigenvalue weighted by molar-refractivity contribution is 7.89. The number of hydrogen-bond donors (Lipinski definition) is 2. The Morgan fingerprint density at radius 3 is 2.19 bits per heavy atom. The second-order valence-electron chi connectivity index (χ2n) is 6.18. The van der Waals surface area contributed by atoms with E-state index in [1.54, 1.807) is 18.2 Å². The summed E-state index contributed by atoms with van der Waals surface area (Å²) < 4.78 is 32.4. The summed E-state index contributed by atoms with van der Waals surface area (Å²) in [6, 6.07) is 14.5. The van der Waals surface area contributed by atoms with Gasteiger partial charge in [-0.25, -0.2) is 8.42 Å². The second kappa shape index (κ2) is 8.82. The molecule has 1 amide bonds. The molecule has 1 atom stereocenters. The molecule has 0 heterocycles. The number of carbonyl (C=O) groups excluding carboxylic acids is 1. The molecule has 0 unspecified atom stereocenters. The SMILES string of the molecule is CC(C)Oc1ccc(CNC(=O)[C@H](C)NS(=O)(=O)c2ccccc2)cc1. The fraction of sp³-hybridized carbons (Fsp3) is 0.316. The lowest BCUT2D eigenvalue weighted by atomic mass is 10.2. The van der Waals surface area contributed by atoms with Gasteiger partial charge in [0.25, 0.3) is 0 Å². The van der Waals surface area contributed by atoms with E-state index in [9.17, 15) is 13.2 Å². The van der Waals surface area contributed by atoms with Crippen LogP contribution >= 0.6 is 0 Å². The summed E-state index contributed by atoms with van der Waals surface area (Å²) in [5.74, 6) is 0.367. The van der Waals surface area contributed by atoms with E-state index in [-0.39, 0.29) is 11.0 Å². The van der Waals surface area contributed by atoms with Crippen molar-refractivity contribution in [2.75, 3.05) is 0 Å². The highest BCUT2D eigenvalue weighted by Gasteiger charge is 2.21. The fourth-order valence-electron chi connectivity index (χ4n) is 2.25. The maximum absolute atomic E-state index is 12.2. The van der Waals surface area contributed by atoms with E-state index < -0.39 is 22.0 Å². The Balaban J connectivity index is 1.89. The fourth-order valence-corrected chi connectivity index (χ4v) is 3.48. The van der Waals surface area contributed by atoms with Crippen LogP contribution in [-0.4, -0.2) is 26.5 Å². The average molecular weight is 376 g/mol. The molecular formula is C19H24N2O4S. The predicted molar refractivity (Wildman–Crippen MR) is 100 cm³/mol. The molecule has 2 rings (SSSR count). The molecule has 26 heavy (non-hydrogen) atoms. The zero-order chi connectivity index (χ0) is 19.2. The van der Waals surface area contributed by atoms with Crippen LogP contribution < -0.4 is 14.8 Å². The normalized spacial score (nSPS) is 12.6. The number of benzene rings is 2. The van der Waals surface area contributed by atoms with Crippen molar-refractivity contribution in [2.45, 2.75) is 44.4 Å². The Hall–Kier alpha value is -2.38. The first-order chi connectivity index (χ1) is 12.3. The minimum Gasteiger partial charge on any atom is -0.491 e. The Bertz CT molecular complexity index is 818. The number of carbonyl (C=O) groups is 1. The van der Waals surface area contributed by atoms with Crippen molar-refractivity contribution < 1.29 is 17.9 Å². The largest absolute Gasteiger partial charge is 0.491 e. The molecule has 0 spiro atoms. The highest BCUT2D eigenvalue weighted by Crippen LogP contribution is 2.14. The van der Waals surface area contributed by atoms with Crippen LogP contribution in [0.25, 0.3) is 0 Å². The van der Waals surface area contributed by atoms with Crippen molar-refractivity contribution in [1.82, 2.24) is 10.0 Å². The molecule has 140 valence electrons. The molecule has 0 aliphatic heterocycles. The maximum Gasteiger partial charge on any atom is 0.241 e. The van der Waals surface area contributed by atoms with Gasteiger partial charge in [-0.15, -0.1) is 0 Å². The van der Waals surface area contributed by atoms with Crippen LogP contribution in [0.15, 0.2) is 59.5 Å². The van der Waals surface area contributed by atoms with Crippen LogP contribution in [0, 0.1) is 0 Å². The molecule has 6 nitrogen and oxygen atoms in total. The van der Waals surface area contributed by atoms with E-state index in [4.69, 9.17) is 4.74 Å². The molecule has 2 N–H and O–H groups in total. The van der Waals surface area contributed by atoms with Crippen LogP contribution in [0.3, 0.4) is 0 Å². The van der Waals surface area contributed by atoms with E-state index in [1.165, 1.54) is 19.1 Å². The molecule has 0 saturated carbocycles. The van der Waals surface area contributed by atoms with Crippen molar-refractivity contribution in [3.8, 4) is 5.75 Å². The summed E-state index contributed by atoms with van der Waals surface area (Å²) in [4.78, 5) is 12.3. The summed E-state index contributed by atoms with van der Waals surface area (Å²) in [6.45, 7) is 5.71. The third kappa shape index (κ3) is 5.86. The molecule has 0 saturated heterocycles. The number of amides is 1. The van der Waals surface area contributed by atoms with E-state index in [2.05, 4.69) is 10.0 Å². The van der Waals surface area contributed by atoms with Crippen LogP contribution in [-0.2, 0) is 21.4 Å². The molecule has 0 aliphatic rings. The minimum absolute atomic E-state index is 0.0963. The highest BCUT2D eigenvalue weighted by atomic mass is 32.2. The van der Waals surface area contributed by atoms with Gasteiger partial charge >= 0.3 is 0 Å². The summed E-state index contributed by atoms with van der Waals surface area (Å²) in [5.41, 5.74) is 0.896. The van der Waals surface area contributed by atoms with Gasteiger partial charge in [-0.1, -0.05) is 30.3 Å². The van der Waals surface area contributed by atoms with Gasteiger partial charge in [-0.3, -0.25) is 4.79 Å². The Morgan fingerprint density at radius 1 is 1.00 bits per heavy atom. The van der Waals surface area contributed by atoms with Crippen molar-refractivity contribution >= 4 is 15.9 Å². The van der Waals surface area contributed by atoms with Gasteiger partial charge in [0.1, 0.15) is 5.75 Å². The number of rotatable bonds is 8. The standard InChI is InChI=1S/C19H24N2O4S/c1-14(2)25-17-11-9-16(10-12-17)13-20-19(22)15(3)21-26(23,24)18-7-5-4-6-8-18/h4-12,14-15,21H,13H2,1-3H3,(H,20,22)/t15-/m0/s1. The summed E-state index contributed by atoms with van der Waals surface area (Å²) >= 11 is 0. The molecule has 0 aliphatic carbocycles. The topological polar surface area (TPSA) is 84.5 Å². The lowest BCUT2D eigenvalue weighted by molar-refractivity contribution is -0.122. The number of ether oxygens (including phenoxy) is 1. The van der Waals surface area contributed by atoms with Gasteiger partial charge in [0.2, 0.25) is 15.9 Å². The lowest BCUT2D eigenvalue weighted by Crippen LogP contribution is -2.44. The molecule has 0 radical (unpaired) electrons. The Morgan fingerprint density at radius 2 is 1.62 bits per heavy atom. The number of sulfonamides is 1. The first kappa shape index (κ1) is 19.9. The van der Waals surface area contributed by atoms with E-state index in [1.807, 2.05) is 38.1 Å². The third-order valence-electron chi connectivity index (χ3n) is 3.54. The van der Waals surface area contributed by atoms with E-state index in [0.717, 1.165) is 11.3 Å². The number of hydrogen-bond acceptors (Lipinski definition) is 4. The van der Waals surface area contributed by atoms with Gasteiger partial charge in [-0.2, -0.15) is 4.72 Å². The summed E-state index contributed by atoms with van der Waals surface area (Å²) in [7, 11) is -3.73. The van der Waals surface area contributed by atoms with Crippen LogP contribution in [0.2, 0.25) is 0 Å². The lowest BCUT2D eigenvalue weighted by Gasteiger charge is -2.15. The molecule has 2 aromatic rings. The zero-order valence-electron chi connectivity index (χ0n) is 15.1.